The van der Waals surface area contributed by atoms with Gasteiger partial charge in [0.15, 0.2) is 0 Å². The topological polar surface area (TPSA) is 55.1 Å². The average molecular weight is 218 g/mol. The SMILES string of the molecule is Nc1ccccc1CNC(=O)CC1CCC1. The Balaban J connectivity index is 1.78. The Bertz CT molecular complexity index is 372. The van der Waals surface area contributed by atoms with Crippen molar-refractivity contribution >= 4 is 11.6 Å². The minimum Gasteiger partial charge on any atom is -0.398 e. The second-order valence-corrected chi connectivity index (χ2v) is 4.48. The summed E-state index contributed by atoms with van der Waals surface area (Å²) in [6.45, 7) is 0.540. The number of carbonyl (C=O) groups excluding carboxylic acids is 1. The van der Waals surface area contributed by atoms with Crippen LogP contribution in [0.3, 0.4) is 0 Å². The van der Waals surface area contributed by atoms with Crippen LogP contribution in [-0.2, 0) is 11.3 Å². The van der Waals surface area contributed by atoms with E-state index in [1.807, 2.05) is 24.3 Å². The predicted octanol–water partition coefficient (Wildman–Crippen LogP) is 2.08. The first-order valence-corrected chi connectivity index (χ1v) is 5.86. The lowest BCUT2D eigenvalue weighted by Gasteiger charge is -2.24. The highest BCUT2D eigenvalue weighted by Crippen LogP contribution is 2.29. The van der Waals surface area contributed by atoms with Crippen molar-refractivity contribution in [3.63, 3.8) is 0 Å². The van der Waals surface area contributed by atoms with Gasteiger partial charge in [-0.25, -0.2) is 0 Å². The molecule has 0 aliphatic heterocycles. The summed E-state index contributed by atoms with van der Waals surface area (Å²) in [6, 6.07) is 7.63. The van der Waals surface area contributed by atoms with Gasteiger partial charge in [0.1, 0.15) is 0 Å². The van der Waals surface area contributed by atoms with E-state index in [4.69, 9.17) is 5.73 Å². The molecule has 1 aromatic rings. The number of benzene rings is 1. The van der Waals surface area contributed by atoms with Crippen LogP contribution in [0.25, 0.3) is 0 Å². The van der Waals surface area contributed by atoms with Gasteiger partial charge in [0.2, 0.25) is 5.91 Å². The second-order valence-electron chi connectivity index (χ2n) is 4.48. The Morgan fingerprint density at radius 2 is 2.12 bits per heavy atom. The highest BCUT2D eigenvalue weighted by atomic mass is 16.1. The van der Waals surface area contributed by atoms with E-state index in [0.29, 0.717) is 18.9 Å². The summed E-state index contributed by atoms with van der Waals surface area (Å²) >= 11 is 0. The van der Waals surface area contributed by atoms with Gasteiger partial charge in [0.25, 0.3) is 0 Å². The number of para-hydroxylation sites is 1. The molecule has 1 saturated carbocycles. The van der Waals surface area contributed by atoms with Crippen LogP contribution < -0.4 is 11.1 Å². The van der Waals surface area contributed by atoms with Crippen molar-refractivity contribution < 1.29 is 4.79 Å². The molecule has 1 fully saturated rings. The van der Waals surface area contributed by atoms with Crippen molar-refractivity contribution in [2.45, 2.75) is 32.2 Å². The zero-order valence-corrected chi connectivity index (χ0v) is 9.41. The zero-order valence-electron chi connectivity index (χ0n) is 9.41. The summed E-state index contributed by atoms with van der Waals surface area (Å²) in [5, 5.41) is 2.92. The van der Waals surface area contributed by atoms with E-state index in [0.717, 1.165) is 11.3 Å². The number of nitrogens with one attached hydrogen (secondary N) is 1. The minimum absolute atomic E-state index is 0.146. The largest absolute Gasteiger partial charge is 0.398 e. The maximum Gasteiger partial charge on any atom is 0.220 e. The molecule has 1 amide bonds. The maximum atomic E-state index is 11.6. The van der Waals surface area contributed by atoms with Gasteiger partial charge in [-0.1, -0.05) is 24.6 Å². The monoisotopic (exact) mass is 218 g/mol. The smallest absolute Gasteiger partial charge is 0.220 e. The van der Waals surface area contributed by atoms with E-state index >= 15 is 0 Å². The Morgan fingerprint density at radius 3 is 2.75 bits per heavy atom. The predicted molar refractivity (Wildman–Crippen MR) is 64.7 cm³/mol. The minimum atomic E-state index is 0.146. The number of anilines is 1. The van der Waals surface area contributed by atoms with E-state index < -0.39 is 0 Å². The molecular formula is C13H18N2O. The fourth-order valence-corrected chi connectivity index (χ4v) is 1.92. The lowest BCUT2D eigenvalue weighted by atomic mass is 9.83. The first-order chi connectivity index (χ1) is 7.75. The van der Waals surface area contributed by atoms with Crippen LogP contribution in [0.4, 0.5) is 5.69 Å². The molecule has 1 aromatic carbocycles. The molecule has 16 heavy (non-hydrogen) atoms. The molecule has 3 nitrogen and oxygen atoms in total. The molecule has 0 saturated heterocycles. The Kier molecular flexibility index (Phi) is 3.44. The van der Waals surface area contributed by atoms with Gasteiger partial charge in [0, 0.05) is 18.7 Å². The van der Waals surface area contributed by atoms with Crippen LogP contribution in [0.2, 0.25) is 0 Å². The van der Waals surface area contributed by atoms with Crippen molar-refractivity contribution in [2.75, 3.05) is 5.73 Å². The van der Waals surface area contributed by atoms with Crippen LogP contribution >= 0.6 is 0 Å². The normalized spacial score (nSPS) is 15.5. The highest BCUT2D eigenvalue weighted by Gasteiger charge is 2.20. The van der Waals surface area contributed by atoms with Crippen molar-refractivity contribution in [3.05, 3.63) is 29.8 Å². The summed E-state index contributed by atoms with van der Waals surface area (Å²) in [5.74, 6) is 0.765. The van der Waals surface area contributed by atoms with E-state index in [1.54, 1.807) is 0 Å². The Morgan fingerprint density at radius 1 is 1.38 bits per heavy atom. The van der Waals surface area contributed by atoms with Gasteiger partial charge < -0.3 is 11.1 Å². The van der Waals surface area contributed by atoms with Crippen molar-refractivity contribution in [2.24, 2.45) is 5.92 Å². The van der Waals surface area contributed by atoms with Crippen molar-refractivity contribution in [1.29, 1.82) is 0 Å². The molecule has 0 unspecified atom stereocenters. The molecule has 86 valence electrons. The molecule has 0 aromatic heterocycles. The summed E-state index contributed by atoms with van der Waals surface area (Å²) in [5.41, 5.74) is 7.53. The Hall–Kier alpha value is -1.51. The second kappa shape index (κ2) is 5.01. The average Bonchev–Trinajstić information content (AvgIpc) is 2.22. The first kappa shape index (κ1) is 11.0. The quantitative estimate of drug-likeness (QED) is 0.760. The zero-order chi connectivity index (χ0) is 11.4. The van der Waals surface area contributed by atoms with Crippen LogP contribution in [0, 0.1) is 5.92 Å². The summed E-state index contributed by atoms with van der Waals surface area (Å²) in [7, 11) is 0. The maximum absolute atomic E-state index is 11.6. The van der Waals surface area contributed by atoms with Gasteiger partial charge in [-0.2, -0.15) is 0 Å². The number of carbonyl (C=O) groups is 1. The van der Waals surface area contributed by atoms with Gasteiger partial charge in [-0.15, -0.1) is 0 Å². The summed E-state index contributed by atoms with van der Waals surface area (Å²) < 4.78 is 0. The van der Waals surface area contributed by atoms with E-state index in [-0.39, 0.29) is 5.91 Å². The molecule has 1 aliphatic rings. The molecule has 0 bridgehead atoms. The lowest BCUT2D eigenvalue weighted by molar-refractivity contribution is -0.122. The third-order valence-corrected chi connectivity index (χ3v) is 3.23. The van der Waals surface area contributed by atoms with Gasteiger partial charge in [-0.3, -0.25) is 4.79 Å². The molecule has 3 heteroatoms. The van der Waals surface area contributed by atoms with E-state index in [2.05, 4.69) is 5.32 Å². The number of nitrogens with two attached hydrogens (primary N) is 1. The molecule has 2 rings (SSSR count). The van der Waals surface area contributed by atoms with Gasteiger partial charge in [0.05, 0.1) is 0 Å². The third kappa shape index (κ3) is 2.75. The first-order valence-electron chi connectivity index (χ1n) is 5.86. The van der Waals surface area contributed by atoms with Gasteiger partial charge in [-0.05, 0) is 30.4 Å². The number of hydrogen-bond donors (Lipinski definition) is 2. The standard InChI is InChI=1S/C13H18N2O/c14-12-7-2-1-6-11(12)9-15-13(16)8-10-4-3-5-10/h1-2,6-7,10H,3-5,8-9,14H2,(H,15,16). The number of nitrogen functional groups attached to an aromatic ring is 1. The molecule has 3 N–H and O–H groups in total. The molecule has 0 radical (unpaired) electrons. The third-order valence-electron chi connectivity index (χ3n) is 3.23. The van der Waals surface area contributed by atoms with E-state index in [1.165, 1.54) is 19.3 Å². The molecule has 0 heterocycles. The lowest BCUT2D eigenvalue weighted by Crippen LogP contribution is -2.27. The van der Waals surface area contributed by atoms with Crippen LogP contribution in [0.1, 0.15) is 31.2 Å². The van der Waals surface area contributed by atoms with Crippen molar-refractivity contribution in [1.82, 2.24) is 5.32 Å². The summed E-state index contributed by atoms with van der Waals surface area (Å²) in [6.07, 6.45) is 4.37. The molecule has 0 atom stereocenters. The Labute approximate surface area is 96.0 Å². The highest BCUT2D eigenvalue weighted by molar-refractivity contribution is 5.76. The number of hydrogen-bond acceptors (Lipinski definition) is 2. The molecule has 1 aliphatic carbocycles. The van der Waals surface area contributed by atoms with Crippen molar-refractivity contribution in [3.8, 4) is 0 Å². The molecular weight excluding hydrogens is 200 g/mol. The number of amides is 1. The molecule has 0 spiro atoms. The van der Waals surface area contributed by atoms with E-state index in [9.17, 15) is 4.79 Å². The fraction of sp³-hybridized carbons (Fsp3) is 0.462. The van der Waals surface area contributed by atoms with Crippen LogP contribution in [0.15, 0.2) is 24.3 Å². The fourth-order valence-electron chi connectivity index (χ4n) is 1.92. The van der Waals surface area contributed by atoms with Gasteiger partial charge >= 0.3 is 0 Å². The number of rotatable bonds is 4. The summed E-state index contributed by atoms with van der Waals surface area (Å²) in [4.78, 5) is 11.6. The van der Waals surface area contributed by atoms with Crippen LogP contribution in [0.5, 0.6) is 0 Å². The van der Waals surface area contributed by atoms with Crippen LogP contribution in [-0.4, -0.2) is 5.91 Å².